The molecule has 0 amide bonds. The van der Waals surface area contributed by atoms with Gasteiger partial charge in [0.2, 0.25) is 0 Å². The molecule has 0 nitrogen and oxygen atoms in total. The van der Waals surface area contributed by atoms with Crippen LogP contribution in [0, 0.1) is 40.4 Å². The lowest BCUT2D eigenvalue weighted by atomic mass is 9.67. The lowest BCUT2D eigenvalue weighted by Gasteiger charge is -2.38. The maximum atomic E-state index is 2.58. The number of fused-ring (bicyclic) bond motifs is 1. The summed E-state index contributed by atoms with van der Waals surface area (Å²) in [6, 6.07) is 0. The van der Waals surface area contributed by atoms with Gasteiger partial charge in [0.15, 0.2) is 0 Å². The van der Waals surface area contributed by atoms with Crippen molar-refractivity contribution in [1.82, 2.24) is 0 Å². The van der Waals surface area contributed by atoms with Gasteiger partial charge in [-0.1, -0.05) is 54.9 Å². The van der Waals surface area contributed by atoms with Crippen LogP contribution in [-0.4, -0.2) is 0 Å². The Balaban J connectivity index is 2.00. The SMILES string of the molecule is CCC(C)C(C)C(C)C(C)C1(C)C2CC21CC. The summed E-state index contributed by atoms with van der Waals surface area (Å²) >= 11 is 0. The van der Waals surface area contributed by atoms with Gasteiger partial charge in [0.05, 0.1) is 0 Å². The summed E-state index contributed by atoms with van der Waals surface area (Å²) in [6.07, 6.45) is 4.29. The Hall–Kier alpha value is 0. The highest BCUT2D eigenvalue weighted by Gasteiger charge is 2.86. The van der Waals surface area contributed by atoms with Crippen molar-refractivity contribution in [2.45, 2.75) is 67.7 Å². The molecule has 0 heterocycles. The molecule has 0 aliphatic heterocycles. The van der Waals surface area contributed by atoms with Crippen molar-refractivity contribution in [2.75, 3.05) is 0 Å². The van der Waals surface area contributed by atoms with E-state index in [1.54, 1.807) is 0 Å². The minimum atomic E-state index is 0.697. The summed E-state index contributed by atoms with van der Waals surface area (Å²) in [7, 11) is 0. The molecule has 2 aliphatic carbocycles. The van der Waals surface area contributed by atoms with Crippen molar-refractivity contribution in [3.05, 3.63) is 0 Å². The lowest BCUT2D eigenvalue weighted by molar-refractivity contribution is 0.102. The smallest absolute Gasteiger partial charge is 0.0204 e. The number of hydrogen-bond acceptors (Lipinski definition) is 0. The van der Waals surface area contributed by atoms with Crippen molar-refractivity contribution in [1.29, 1.82) is 0 Å². The van der Waals surface area contributed by atoms with Crippen molar-refractivity contribution in [3.8, 4) is 0 Å². The van der Waals surface area contributed by atoms with Crippen LogP contribution < -0.4 is 0 Å². The molecule has 0 heteroatoms. The highest BCUT2D eigenvalue weighted by atomic mass is 14.9. The molecule has 0 aromatic rings. The molecular weight excluding hydrogens is 204 g/mol. The fourth-order valence-electron chi connectivity index (χ4n) is 4.94. The Morgan fingerprint density at radius 2 is 1.65 bits per heavy atom. The van der Waals surface area contributed by atoms with E-state index in [-0.39, 0.29) is 0 Å². The third kappa shape index (κ3) is 1.55. The molecule has 17 heavy (non-hydrogen) atoms. The van der Waals surface area contributed by atoms with Crippen LogP contribution in [0.25, 0.3) is 0 Å². The summed E-state index contributed by atoms with van der Waals surface area (Å²) in [5.41, 5.74) is 1.48. The Morgan fingerprint density at radius 3 is 2.00 bits per heavy atom. The van der Waals surface area contributed by atoms with Gasteiger partial charge in [-0.3, -0.25) is 0 Å². The van der Waals surface area contributed by atoms with Crippen molar-refractivity contribution in [2.24, 2.45) is 40.4 Å². The maximum absolute atomic E-state index is 2.58. The zero-order valence-corrected chi connectivity index (χ0v) is 13.0. The first-order valence-corrected chi connectivity index (χ1v) is 7.86. The third-order valence-corrected chi connectivity index (χ3v) is 7.52. The van der Waals surface area contributed by atoms with Crippen LogP contribution in [-0.2, 0) is 0 Å². The molecule has 0 aromatic carbocycles. The molecule has 0 aromatic heterocycles. The standard InChI is InChI=1S/C17H32/c1-8-11(3)12(4)13(5)14(6)16(7)15-10-17(15,16)9-2/h11-15H,8-10H2,1-7H3. The van der Waals surface area contributed by atoms with Gasteiger partial charge in [0.25, 0.3) is 0 Å². The van der Waals surface area contributed by atoms with E-state index in [1.165, 1.54) is 19.3 Å². The Bertz CT molecular complexity index is 294. The summed E-state index contributed by atoms with van der Waals surface area (Å²) in [5, 5.41) is 0. The van der Waals surface area contributed by atoms with E-state index >= 15 is 0 Å². The zero-order chi connectivity index (χ0) is 13.0. The van der Waals surface area contributed by atoms with Gasteiger partial charge in [-0.15, -0.1) is 0 Å². The van der Waals surface area contributed by atoms with Crippen LogP contribution in [0.1, 0.15) is 67.7 Å². The van der Waals surface area contributed by atoms with E-state index in [1.807, 2.05) is 0 Å². The predicted octanol–water partition coefficient (Wildman–Crippen LogP) is 5.38. The monoisotopic (exact) mass is 236 g/mol. The van der Waals surface area contributed by atoms with E-state index < -0.39 is 0 Å². The van der Waals surface area contributed by atoms with Gasteiger partial charge in [0, 0.05) is 0 Å². The van der Waals surface area contributed by atoms with Crippen molar-refractivity contribution < 1.29 is 0 Å². The van der Waals surface area contributed by atoms with Crippen molar-refractivity contribution >= 4 is 0 Å². The van der Waals surface area contributed by atoms with E-state index in [9.17, 15) is 0 Å². The van der Waals surface area contributed by atoms with Crippen LogP contribution in [0.2, 0.25) is 0 Å². The quantitative estimate of drug-likeness (QED) is 0.581. The largest absolute Gasteiger partial charge is 0.0651 e. The van der Waals surface area contributed by atoms with Gasteiger partial charge in [0.1, 0.15) is 0 Å². The summed E-state index contributed by atoms with van der Waals surface area (Å²) in [5.74, 6) is 4.63. The Morgan fingerprint density at radius 1 is 1.06 bits per heavy atom. The molecular formula is C17H32. The average Bonchev–Trinajstić information content (AvgIpc) is 3.21. The summed E-state index contributed by atoms with van der Waals surface area (Å²) in [6.45, 7) is 17.3. The van der Waals surface area contributed by atoms with E-state index in [0.29, 0.717) is 5.41 Å². The van der Waals surface area contributed by atoms with Crippen LogP contribution in [0.3, 0.4) is 0 Å². The molecule has 0 saturated heterocycles. The Kier molecular flexibility index (Phi) is 3.16. The van der Waals surface area contributed by atoms with Gasteiger partial charge < -0.3 is 0 Å². The van der Waals surface area contributed by atoms with Crippen LogP contribution in [0.4, 0.5) is 0 Å². The zero-order valence-electron chi connectivity index (χ0n) is 13.0. The second kappa shape index (κ2) is 4.00. The first-order chi connectivity index (χ1) is 7.86. The molecule has 0 N–H and O–H groups in total. The van der Waals surface area contributed by atoms with Crippen LogP contribution >= 0.6 is 0 Å². The second-order valence-corrected chi connectivity index (χ2v) is 7.44. The molecule has 0 radical (unpaired) electrons. The van der Waals surface area contributed by atoms with Crippen molar-refractivity contribution in [3.63, 3.8) is 0 Å². The fourth-order valence-corrected chi connectivity index (χ4v) is 4.94. The van der Waals surface area contributed by atoms with E-state index in [0.717, 1.165) is 35.0 Å². The normalized spacial score (nSPS) is 45.7. The molecule has 7 atom stereocenters. The number of hydrogen-bond donors (Lipinski definition) is 0. The number of rotatable bonds is 6. The molecule has 2 aliphatic rings. The molecule has 2 saturated carbocycles. The highest BCUT2D eigenvalue weighted by molar-refractivity contribution is 5.33. The van der Waals surface area contributed by atoms with Gasteiger partial charge in [-0.2, -0.15) is 0 Å². The molecule has 0 spiro atoms. The third-order valence-electron chi connectivity index (χ3n) is 7.52. The molecule has 2 fully saturated rings. The highest BCUT2D eigenvalue weighted by Crippen LogP contribution is 2.92. The molecule has 100 valence electrons. The van der Waals surface area contributed by atoms with Gasteiger partial charge >= 0.3 is 0 Å². The van der Waals surface area contributed by atoms with Gasteiger partial charge in [-0.25, -0.2) is 0 Å². The second-order valence-electron chi connectivity index (χ2n) is 7.44. The first kappa shape index (κ1) is 13.4. The summed E-state index contributed by atoms with van der Waals surface area (Å²) in [4.78, 5) is 0. The average molecular weight is 236 g/mol. The molecule has 7 unspecified atom stereocenters. The van der Waals surface area contributed by atoms with Gasteiger partial charge in [-0.05, 0) is 53.3 Å². The minimum absolute atomic E-state index is 0.697. The lowest BCUT2D eigenvalue weighted by Crippen LogP contribution is -2.32. The predicted molar refractivity (Wildman–Crippen MR) is 75.9 cm³/mol. The van der Waals surface area contributed by atoms with E-state index in [4.69, 9.17) is 0 Å². The topological polar surface area (TPSA) is 0 Å². The fraction of sp³-hybridized carbons (Fsp3) is 1.00. The van der Waals surface area contributed by atoms with E-state index in [2.05, 4.69) is 48.5 Å². The molecule has 0 bridgehead atoms. The molecule has 2 rings (SSSR count). The summed E-state index contributed by atoms with van der Waals surface area (Å²) < 4.78 is 0. The first-order valence-electron chi connectivity index (χ1n) is 7.86. The van der Waals surface area contributed by atoms with Crippen LogP contribution in [0.15, 0.2) is 0 Å². The van der Waals surface area contributed by atoms with Crippen LogP contribution in [0.5, 0.6) is 0 Å². The maximum Gasteiger partial charge on any atom is -0.0204 e. The Labute approximate surface area is 109 Å². The minimum Gasteiger partial charge on any atom is -0.0651 e.